The van der Waals surface area contributed by atoms with E-state index in [1.165, 1.54) is 29.9 Å². The summed E-state index contributed by atoms with van der Waals surface area (Å²) in [6.45, 7) is 3.67. The molecule has 0 aromatic heterocycles. The number of carbonyl (C=O) groups is 2. The van der Waals surface area contributed by atoms with Gasteiger partial charge in [-0.2, -0.15) is 0 Å². The third-order valence-electron chi connectivity index (χ3n) is 14.1. The van der Waals surface area contributed by atoms with E-state index in [0.717, 1.165) is 44.3 Å². The van der Waals surface area contributed by atoms with Crippen LogP contribution in [0.25, 0.3) is 10.8 Å². The highest BCUT2D eigenvalue weighted by Crippen LogP contribution is 2.65. The number of hydrogen-bond acceptors (Lipinski definition) is 15. The van der Waals surface area contributed by atoms with Crippen LogP contribution < -0.4 is 15.6 Å². The van der Waals surface area contributed by atoms with E-state index < -0.39 is 59.9 Å². The molecule has 308 valence electrons. The van der Waals surface area contributed by atoms with Gasteiger partial charge in [-0.25, -0.2) is 4.79 Å². The second-order valence-corrected chi connectivity index (χ2v) is 19.6. The minimum absolute atomic E-state index is 0.0368. The summed E-state index contributed by atoms with van der Waals surface area (Å²) >= 11 is 0. The first kappa shape index (κ1) is 40.6. The van der Waals surface area contributed by atoms with E-state index in [2.05, 4.69) is 10.9 Å². The number of benzene rings is 2. The first-order chi connectivity index (χ1) is 26.8. The van der Waals surface area contributed by atoms with E-state index in [-0.39, 0.29) is 69.3 Å². The summed E-state index contributed by atoms with van der Waals surface area (Å²) in [5, 5.41) is 66.8. The Labute approximate surface area is 333 Å². The molecule has 3 spiro atoms. The van der Waals surface area contributed by atoms with Gasteiger partial charge in [-0.3, -0.25) is 15.6 Å². The average molecular weight is 819 g/mol. The smallest absolute Gasteiger partial charge is 0.335 e. The van der Waals surface area contributed by atoms with E-state index in [9.17, 15) is 40.2 Å². The topological polar surface area (TPSA) is 216 Å². The largest absolute Gasteiger partial charge is 0.506 e. The fourth-order valence-electron chi connectivity index (χ4n) is 12.0. The average Bonchev–Trinajstić information content (AvgIpc) is 3.55. The second kappa shape index (κ2) is 15.4. The predicted octanol–water partition coefficient (Wildman–Crippen LogP) is 3.66. The highest BCUT2D eigenvalue weighted by Gasteiger charge is 2.67. The van der Waals surface area contributed by atoms with Crippen LogP contribution in [0, 0.1) is 29.6 Å². The first-order valence-corrected chi connectivity index (χ1v) is 22.2. The summed E-state index contributed by atoms with van der Waals surface area (Å²) in [7, 11) is 3.14. The van der Waals surface area contributed by atoms with Gasteiger partial charge in [0.1, 0.15) is 41.4 Å². The molecule has 56 heavy (non-hydrogen) atoms. The van der Waals surface area contributed by atoms with Crippen LogP contribution in [0.5, 0.6) is 11.5 Å². The number of rotatable bonds is 8. The zero-order valence-electron chi connectivity index (χ0n) is 31.8. The maximum atomic E-state index is 12.5. The predicted molar refractivity (Wildman–Crippen MR) is 209 cm³/mol. The molecule has 4 saturated heterocycles. The van der Waals surface area contributed by atoms with Crippen molar-refractivity contribution in [1.29, 1.82) is 0 Å². The number of phenols is 1. The Morgan fingerprint density at radius 3 is 2.68 bits per heavy atom. The van der Waals surface area contributed by atoms with Crippen molar-refractivity contribution >= 4 is 44.1 Å². The number of ether oxygens (including phenoxy) is 4. The number of phenolic OH excluding ortho intramolecular Hbond substituents is 1. The molecule has 14 nitrogen and oxygen atoms in total. The van der Waals surface area contributed by atoms with Crippen LogP contribution in [0.15, 0.2) is 18.2 Å². The minimum Gasteiger partial charge on any atom is -0.506 e. The molecule has 11 unspecified atom stereocenters. The molecule has 6 aliphatic rings. The van der Waals surface area contributed by atoms with Gasteiger partial charge in [0.25, 0.3) is 0 Å². The van der Waals surface area contributed by atoms with E-state index in [1.807, 2.05) is 0 Å². The molecule has 16 heteroatoms. The van der Waals surface area contributed by atoms with Crippen molar-refractivity contribution in [1.82, 2.24) is 10.9 Å². The molecule has 11 atom stereocenters. The number of carboxylic acids is 1. The number of aromatic carboxylic acids is 1. The zero-order chi connectivity index (χ0) is 39.6. The lowest BCUT2D eigenvalue weighted by molar-refractivity contribution is -0.323. The Hall–Kier alpha value is -2.22. The monoisotopic (exact) mass is 818 g/mol. The molecule has 2 bridgehead atoms. The van der Waals surface area contributed by atoms with Crippen LogP contribution in [0.3, 0.4) is 0 Å². The standard InChI is InChI=1S/C40H54N2O12S2/c1-21-11-23-12-24(35(49)50)13-26(30(23)31(46)29(21)22(2)45)53-36-32(47)34(48)40(28(15-44)54-36)9-8-39-17-37(6-3-5-27(37)41-42-39)14-25-16-51-18-38(33(25)39,7-4-10-43)19-55-56-20-52-40/h11-13,25,27-28,32-34,36,41-44,46-48H,3-10,14-20H2,1-2H3,(H,49,50). The number of hydrazine groups is 1. The number of Topliss-reactive ketones (excluding diaryl/α,β-unsaturated/α-hetero) is 1. The van der Waals surface area contributed by atoms with E-state index in [0.29, 0.717) is 37.7 Å². The van der Waals surface area contributed by atoms with Gasteiger partial charge in [-0.05, 0) is 106 Å². The second-order valence-electron chi connectivity index (χ2n) is 17.2. The van der Waals surface area contributed by atoms with Crippen LogP contribution in [-0.2, 0) is 14.2 Å². The van der Waals surface area contributed by atoms with Gasteiger partial charge in [0.15, 0.2) is 5.78 Å². The minimum atomic E-state index is -1.74. The molecule has 0 amide bonds. The third kappa shape index (κ3) is 6.55. The van der Waals surface area contributed by atoms with Crippen LogP contribution >= 0.6 is 21.6 Å². The summed E-state index contributed by atoms with van der Waals surface area (Å²) in [6, 6.07) is 4.43. The zero-order valence-corrected chi connectivity index (χ0v) is 33.5. The van der Waals surface area contributed by atoms with Crippen molar-refractivity contribution in [3.05, 3.63) is 34.9 Å². The number of aromatic hydroxyl groups is 1. The highest BCUT2D eigenvalue weighted by atomic mass is 33.1. The third-order valence-corrected chi connectivity index (χ3v) is 16.3. The van der Waals surface area contributed by atoms with Gasteiger partial charge in [-0.15, -0.1) is 0 Å². The molecule has 2 saturated carbocycles. The number of carbonyl (C=O) groups excluding carboxylic acids is 1. The fourth-order valence-corrected chi connectivity index (χ4v) is 14.3. The van der Waals surface area contributed by atoms with Crippen LogP contribution in [0.4, 0.5) is 0 Å². The number of nitrogens with one attached hydrogen (secondary N) is 2. The van der Waals surface area contributed by atoms with Crippen molar-refractivity contribution in [2.45, 2.75) is 113 Å². The number of carboxylic acid groups (broad SMARTS) is 1. The SMILES string of the molecule is CC(=O)c1c(C)cc2cc(C(=O)O)cc(OC3OC(CO)C4(CCC56CC7(CCCC7NN5)CC5COCC(CCCO)(CSSCO4)C56)C(O)C3O)c2c1O. The van der Waals surface area contributed by atoms with Crippen LogP contribution in [0.1, 0.15) is 91.0 Å². The molecule has 4 heterocycles. The van der Waals surface area contributed by atoms with Crippen molar-refractivity contribution in [2.75, 3.05) is 38.1 Å². The Morgan fingerprint density at radius 1 is 1.11 bits per heavy atom. The normalized spacial score (nSPS) is 39.7. The van der Waals surface area contributed by atoms with E-state index in [4.69, 9.17) is 18.9 Å². The molecule has 2 aliphatic carbocycles. The van der Waals surface area contributed by atoms with Crippen molar-refractivity contribution in [3.63, 3.8) is 0 Å². The maximum Gasteiger partial charge on any atom is 0.335 e. The van der Waals surface area contributed by atoms with Gasteiger partial charge in [0.2, 0.25) is 6.29 Å². The van der Waals surface area contributed by atoms with Gasteiger partial charge >= 0.3 is 5.97 Å². The van der Waals surface area contributed by atoms with Crippen LogP contribution in [0.2, 0.25) is 0 Å². The molecular formula is C40H54N2O12S2. The number of hydrogen-bond donors (Lipinski definition) is 8. The molecule has 2 aromatic rings. The molecule has 0 radical (unpaired) electrons. The Kier molecular flexibility index (Phi) is 11.2. The summed E-state index contributed by atoms with van der Waals surface area (Å²) in [4.78, 5) is 24.7. The quantitative estimate of drug-likeness (QED) is 0.141. The maximum absolute atomic E-state index is 12.5. The fraction of sp³-hybridized carbons (Fsp3) is 0.700. The summed E-state index contributed by atoms with van der Waals surface area (Å²) in [5.74, 6) is -0.940. The first-order valence-electron chi connectivity index (χ1n) is 19.8. The number of aliphatic hydroxyl groups is 4. The molecular weight excluding hydrogens is 765 g/mol. The molecule has 2 aromatic carbocycles. The molecule has 8 N–H and O–H groups in total. The lowest BCUT2D eigenvalue weighted by atomic mass is 9.46. The number of fused-ring (bicyclic) bond motifs is 1. The van der Waals surface area contributed by atoms with E-state index >= 15 is 0 Å². The summed E-state index contributed by atoms with van der Waals surface area (Å²) in [5.41, 5.74) is 5.71. The number of ketones is 1. The number of aryl methyl sites for hydroxylation is 1. The molecule has 6 fully saturated rings. The van der Waals surface area contributed by atoms with Crippen molar-refractivity contribution in [3.8, 4) is 11.5 Å². The van der Waals surface area contributed by atoms with Crippen molar-refractivity contribution < 1.29 is 59.2 Å². The van der Waals surface area contributed by atoms with E-state index in [1.54, 1.807) is 23.8 Å². The lowest BCUT2D eigenvalue weighted by Gasteiger charge is -2.67. The Bertz CT molecular complexity index is 1850. The van der Waals surface area contributed by atoms with Gasteiger partial charge in [-0.1, -0.05) is 34.1 Å². The number of aliphatic hydroxyl groups excluding tert-OH is 4. The highest BCUT2D eigenvalue weighted by molar-refractivity contribution is 8.76. The Balaban J connectivity index is 1.16. The Morgan fingerprint density at radius 2 is 1.93 bits per heavy atom. The van der Waals surface area contributed by atoms with Gasteiger partial charge in [0, 0.05) is 36.0 Å². The van der Waals surface area contributed by atoms with Crippen molar-refractivity contribution in [2.24, 2.45) is 22.7 Å². The molecule has 4 aliphatic heterocycles. The lowest BCUT2D eigenvalue weighted by Crippen LogP contribution is -2.77. The molecule has 8 rings (SSSR count). The summed E-state index contributed by atoms with van der Waals surface area (Å²) < 4.78 is 25.6. The van der Waals surface area contributed by atoms with Gasteiger partial charge < -0.3 is 49.6 Å². The summed E-state index contributed by atoms with van der Waals surface area (Å²) in [6.07, 6.45) is 1.30. The van der Waals surface area contributed by atoms with Gasteiger partial charge in [0.05, 0.1) is 29.7 Å². The van der Waals surface area contributed by atoms with Crippen LogP contribution in [-0.4, -0.2) is 122 Å².